The predicted octanol–water partition coefficient (Wildman–Crippen LogP) is 9.10. The largest absolute Gasteiger partial charge is 0.497 e. The molecule has 4 aliphatic rings. The van der Waals surface area contributed by atoms with E-state index in [0.29, 0.717) is 45.7 Å². The number of ether oxygens (including phenoxy) is 7. The number of aliphatic hydroxyl groups excluding tert-OH is 1. The number of aromatic amines is 2. The highest BCUT2D eigenvalue weighted by Crippen LogP contribution is 2.46. The number of nitro groups is 1. The number of hydrogen-bond acceptors (Lipinski definition) is 30. The fourth-order valence-electron chi connectivity index (χ4n) is 15.5. The number of imidazole rings is 4. The van der Waals surface area contributed by atoms with Crippen molar-refractivity contribution >= 4 is 94.4 Å². The molecule has 47 heteroatoms. The van der Waals surface area contributed by atoms with Gasteiger partial charge >= 0.3 is 20.6 Å². The molecule has 0 radical (unpaired) electrons. The number of fused-ring (bicyclic) bond motifs is 4. The van der Waals surface area contributed by atoms with Crippen LogP contribution in [0.25, 0.3) is 44.7 Å². The number of halogens is 4. The van der Waals surface area contributed by atoms with Crippen LogP contribution in [0.1, 0.15) is 96.9 Å². The molecule has 14 aromatic rings. The van der Waals surface area contributed by atoms with E-state index in [2.05, 4.69) is 79.9 Å². The summed E-state index contributed by atoms with van der Waals surface area (Å²) in [4.78, 5) is 106. The van der Waals surface area contributed by atoms with Gasteiger partial charge in [0.2, 0.25) is 0 Å². The smallest absolute Gasteiger partial charge is 0.382 e. The summed E-state index contributed by atoms with van der Waals surface area (Å²) in [6.07, 6.45) is -8.94. The first-order valence-electron chi connectivity index (χ1n) is 40.5. The Hall–Kier alpha value is -13.9. The van der Waals surface area contributed by atoms with Crippen molar-refractivity contribution in [2.45, 2.75) is 126 Å². The van der Waals surface area contributed by atoms with Crippen molar-refractivity contribution in [1.82, 2.24) is 87.5 Å². The van der Waals surface area contributed by atoms with Gasteiger partial charge in [0.15, 0.2) is 106 Å². The van der Waals surface area contributed by atoms with Gasteiger partial charge < -0.3 is 63.0 Å². The third-order valence-corrected chi connectivity index (χ3v) is 24.4. The second-order valence-electron chi connectivity index (χ2n) is 30.3. The minimum absolute atomic E-state index is 0. The molecule has 2 amide bonds. The zero-order chi connectivity index (χ0) is 92.2. The Balaban J connectivity index is 0.000000184. The third kappa shape index (κ3) is 19.1. The summed E-state index contributed by atoms with van der Waals surface area (Å²) in [6.45, 7) is 3.63. The number of methoxy groups -OCH3 is 2. The normalized spacial score (nSPS) is 23.0. The summed E-state index contributed by atoms with van der Waals surface area (Å²) in [7, 11) is -6.16. The molecule has 8 aromatic heterocycles. The summed E-state index contributed by atoms with van der Waals surface area (Å²) in [6, 6.07) is 45.0. The quantitative estimate of drug-likeness (QED) is 0.0104. The average molecular weight is 1860 g/mol. The second-order valence-corrected chi connectivity index (χ2v) is 33.1. The molecular formula is C85H85F4N21O20S2. The lowest BCUT2D eigenvalue weighted by atomic mass is 9.80. The molecule has 16 atom stereocenters. The van der Waals surface area contributed by atoms with Gasteiger partial charge in [0.05, 0.1) is 82.0 Å². The molecule has 0 aliphatic carbocycles. The summed E-state index contributed by atoms with van der Waals surface area (Å²) < 4.78 is 178. The number of H-pyrrole nitrogens is 2. The molecule has 4 fully saturated rings. The van der Waals surface area contributed by atoms with Gasteiger partial charge in [0.1, 0.15) is 53.8 Å². The number of non-ortho nitro benzene ring substituents is 1. The van der Waals surface area contributed by atoms with Crippen LogP contribution in [0.2, 0.25) is 0 Å². The van der Waals surface area contributed by atoms with Crippen LogP contribution in [0.5, 0.6) is 17.2 Å². The average Bonchev–Trinajstić information content (AvgIpc) is 0.878. The van der Waals surface area contributed by atoms with Crippen molar-refractivity contribution < 1.29 is 95.5 Å². The van der Waals surface area contributed by atoms with Crippen LogP contribution in [0.4, 0.5) is 34.9 Å². The predicted molar refractivity (Wildman–Crippen MR) is 463 cm³/mol. The number of amides is 2. The summed E-state index contributed by atoms with van der Waals surface area (Å²) in [5.74, 6) is -1.26. The Bertz CT molecular complexity index is 6760. The zero-order valence-electron chi connectivity index (χ0n) is 69.5. The van der Waals surface area contributed by atoms with Crippen LogP contribution < -0.4 is 44.9 Å². The summed E-state index contributed by atoms with van der Waals surface area (Å²) >= 11 is 0. The molecule has 41 nitrogen and oxygen atoms in total. The van der Waals surface area contributed by atoms with Crippen LogP contribution >= 0.6 is 0 Å². The topological polar surface area (TPSA) is 511 Å². The number of benzene rings is 6. The van der Waals surface area contributed by atoms with Gasteiger partial charge in [0, 0.05) is 48.2 Å². The molecule has 0 saturated carbocycles. The van der Waals surface area contributed by atoms with Gasteiger partial charge in [-0.2, -0.15) is 26.3 Å². The van der Waals surface area contributed by atoms with Crippen LogP contribution in [0, 0.1) is 22.0 Å². The van der Waals surface area contributed by atoms with Gasteiger partial charge in [-0.25, -0.2) is 71.6 Å². The minimum Gasteiger partial charge on any atom is -0.497 e. The number of nitrogens with zero attached hydrogens (tertiary/aromatic N) is 15. The van der Waals surface area contributed by atoms with E-state index in [1.165, 1.54) is 62.6 Å². The van der Waals surface area contributed by atoms with Gasteiger partial charge in [-0.1, -0.05) is 119 Å². The van der Waals surface area contributed by atoms with Crippen LogP contribution in [0.3, 0.4) is 0 Å². The minimum atomic E-state index is -4.90. The first kappa shape index (κ1) is 92.8. The molecule has 132 heavy (non-hydrogen) atoms. The lowest BCUT2D eigenvalue weighted by Crippen LogP contribution is -2.44. The number of carbonyl (C=O) groups is 2. The number of aromatic nitrogens is 16. The number of nitrogens with one attached hydrogen (secondary N) is 6. The van der Waals surface area contributed by atoms with Gasteiger partial charge in [0.25, 0.3) is 28.6 Å². The number of hydrogen-bond donors (Lipinski definition) is 7. The zero-order valence-corrected chi connectivity index (χ0v) is 71.1. The van der Waals surface area contributed by atoms with E-state index in [-0.39, 0.29) is 81.7 Å². The van der Waals surface area contributed by atoms with Crippen LogP contribution in [-0.4, -0.2) is 212 Å². The molecule has 6 aromatic carbocycles. The van der Waals surface area contributed by atoms with Gasteiger partial charge in [-0.3, -0.25) is 47.6 Å². The Kier molecular flexibility index (Phi) is 27.7. The maximum absolute atomic E-state index is 17.3. The molecule has 690 valence electrons. The Morgan fingerprint density at radius 1 is 0.500 bits per heavy atom. The standard InChI is InChI=1S/C49H46F2N10O10S.C24H22FN7O7S.C11H13FN4O3.CH4/c1-28-35(69-47(37(28)50)60-26-56-39-42(52-24-53-43(39)60)59-45(62)29-10-6-4-7-11-29)22-58-72(64,65)71-41-36(70-48(38(41)51)61-27-57-40-44(61)54-25-55-46(40)63)23-68-49(30-12-8-5-9-13-30,31-14-18-33(66-2)19-15-31)32-16-20-34(67-3)21-17-32;1-14-18(11-29-40(36,37)39-17-9-7-16(8-10-17)32(34)35)38-24(19(14)25)31-13-28-20-21(26-12-27-22(20)31)30-23(33)15-5-3-2-4-6-15;1-2-5-8(17)6(12)11(19-5)16-4-15-7-9(16)13-3-14-10(7)18;/h4-21,24-28,35-38,41,47-48,58H,22-23H2,1-3H3,(H,54,55,63)(H,52,53,59,62);2-10,12-14,18-19,24,29H,11H2,1H3,(H,26,27,30,33);3-6,8,11,17H,2H2,1H3,(H,13,14,18);1H4/t28-,35-,36-,37-,38-,41-,47-,48-;14-,18-,19-,24-;5-,6-,8-,11-;/m111./s1. The molecule has 0 bridgehead atoms. The van der Waals surface area contributed by atoms with Crippen molar-refractivity contribution in [3.63, 3.8) is 0 Å². The lowest BCUT2D eigenvalue weighted by molar-refractivity contribution is -0.384. The van der Waals surface area contributed by atoms with E-state index in [0.717, 1.165) is 30.6 Å². The fourth-order valence-corrected chi connectivity index (χ4v) is 17.3. The molecule has 12 heterocycles. The first-order valence-corrected chi connectivity index (χ1v) is 43.3. The van der Waals surface area contributed by atoms with E-state index < -0.39 is 165 Å². The second kappa shape index (κ2) is 39.4. The first-order chi connectivity index (χ1) is 63.1. The molecule has 7 N–H and O–H groups in total. The lowest BCUT2D eigenvalue weighted by Gasteiger charge is -2.37. The van der Waals surface area contributed by atoms with Crippen molar-refractivity contribution in [3.05, 3.63) is 273 Å². The van der Waals surface area contributed by atoms with Crippen molar-refractivity contribution in [2.75, 3.05) is 44.5 Å². The highest BCUT2D eigenvalue weighted by Gasteiger charge is 2.53. The number of anilines is 2. The SMILES string of the molecule is C.CC[C@H]1O[C@@H](n2cnc3c(=O)[nH]cnc32)[C@H](F)[C@@H]1O.COc1ccc(C(OC[C@H]2O[C@@H](n3cnc4c(=O)[nH]cnc43)[C@H](F)[C@@H]2OS(=O)(=O)NC[C@H]2O[C@@H](n3cnc4c(NC(=O)c5ccccc5)ncnc43)[C@H](F)[C@@H]2C)(c2ccccc2)c2ccc(OC)cc2)cc1.C[C@H]1[C@@H](F)[C@H](n2cnc3c(NC(=O)c4ccccc4)ncnc32)O[C@@H]1CNS(=O)(=O)Oc1ccc([N+](=O)[O-])cc1. The van der Waals surface area contributed by atoms with Gasteiger partial charge in [-0.15, -0.1) is 0 Å². The fraction of sp³-hybridized carbons (Fsp3) is 0.318. The number of aliphatic hydroxyl groups is 1. The summed E-state index contributed by atoms with van der Waals surface area (Å²) in [5, 5.41) is 25.9. The van der Waals surface area contributed by atoms with Crippen LogP contribution in [0.15, 0.2) is 224 Å². The van der Waals surface area contributed by atoms with E-state index in [1.54, 1.807) is 120 Å². The third-order valence-electron chi connectivity index (χ3n) is 22.4. The number of nitro benzene ring substituents is 1. The van der Waals surface area contributed by atoms with E-state index in [1.807, 2.05) is 54.6 Å². The Labute approximate surface area is 746 Å². The summed E-state index contributed by atoms with van der Waals surface area (Å²) in [5.41, 5.74) is 1.00. The number of carbonyl (C=O) groups excluding carboxylic acids is 2. The Morgan fingerprint density at radius 2 is 0.886 bits per heavy atom. The monoisotopic (exact) mass is 1860 g/mol. The Morgan fingerprint density at radius 3 is 1.32 bits per heavy atom. The maximum Gasteiger partial charge on any atom is 0.382 e. The molecule has 4 aliphatic heterocycles. The maximum atomic E-state index is 17.3. The van der Waals surface area contributed by atoms with E-state index >= 15 is 13.2 Å². The van der Waals surface area contributed by atoms with E-state index in [4.69, 9.17) is 41.5 Å². The molecule has 0 unspecified atom stereocenters. The number of rotatable bonds is 28. The van der Waals surface area contributed by atoms with Crippen molar-refractivity contribution in [3.8, 4) is 17.2 Å². The van der Waals surface area contributed by atoms with Crippen molar-refractivity contribution in [2.24, 2.45) is 11.8 Å². The highest BCUT2D eigenvalue weighted by molar-refractivity contribution is 7.85. The van der Waals surface area contributed by atoms with Gasteiger partial charge in [-0.05, 0) is 83.8 Å². The number of alkyl halides is 4. The van der Waals surface area contributed by atoms with Crippen molar-refractivity contribution in [1.29, 1.82) is 0 Å². The molecule has 0 spiro atoms. The van der Waals surface area contributed by atoms with Crippen LogP contribution in [-0.2, 0) is 54.1 Å². The highest BCUT2D eigenvalue weighted by atomic mass is 32.2. The molecule has 4 saturated heterocycles. The molecule has 18 rings (SSSR count). The molecular weight excluding hydrogens is 1780 g/mol. The van der Waals surface area contributed by atoms with E-state index in [9.17, 15) is 55.6 Å².